The topological polar surface area (TPSA) is 126 Å². The van der Waals surface area contributed by atoms with Crippen LogP contribution in [0.4, 0.5) is 0 Å². The molecule has 0 saturated heterocycles. The highest BCUT2D eigenvalue weighted by Crippen LogP contribution is 0.847. The summed E-state index contributed by atoms with van der Waals surface area (Å²) in [6.07, 6.45) is 0. The van der Waals surface area contributed by atoms with Gasteiger partial charge in [-0.2, -0.15) is 0 Å². The molecular formula is H10Br2O4. The maximum Gasteiger partial charge on any atom is -0.114 e. The summed E-state index contributed by atoms with van der Waals surface area (Å²) in [6, 6.07) is 0. The molecular weight excluding hydrogens is 224 g/mol. The van der Waals surface area contributed by atoms with Crippen LogP contribution >= 0.6 is 34.0 Å². The first-order valence-corrected chi connectivity index (χ1v) is 0. The fourth-order valence-corrected chi connectivity index (χ4v) is 0. The molecule has 0 aromatic heterocycles. The van der Waals surface area contributed by atoms with Gasteiger partial charge in [-0.15, -0.1) is 34.0 Å². The molecule has 0 atom stereocenters. The highest BCUT2D eigenvalue weighted by atomic mass is 79.9. The van der Waals surface area contributed by atoms with Crippen molar-refractivity contribution in [3.63, 3.8) is 0 Å². The molecule has 8 N–H and O–H groups in total. The van der Waals surface area contributed by atoms with Crippen molar-refractivity contribution in [2.45, 2.75) is 0 Å². The molecule has 0 radical (unpaired) electrons. The summed E-state index contributed by atoms with van der Waals surface area (Å²) in [5.41, 5.74) is 0. The number of rotatable bonds is 0. The van der Waals surface area contributed by atoms with E-state index in [1.54, 1.807) is 0 Å². The van der Waals surface area contributed by atoms with Crippen molar-refractivity contribution < 1.29 is 21.9 Å². The Labute approximate surface area is 56.3 Å². The fourth-order valence-electron chi connectivity index (χ4n) is 0. The minimum Gasteiger partial charge on any atom is -0.412 e. The van der Waals surface area contributed by atoms with E-state index in [4.69, 9.17) is 0 Å². The standard InChI is InChI=1S/2BrH.4H2O/h2*1H;4*1H2. The molecule has 0 aromatic carbocycles. The normalized spacial score (nSPS) is 0. The summed E-state index contributed by atoms with van der Waals surface area (Å²) in [6.45, 7) is 0. The van der Waals surface area contributed by atoms with Gasteiger partial charge in [0.25, 0.3) is 0 Å². The minimum absolute atomic E-state index is 0. The van der Waals surface area contributed by atoms with Crippen LogP contribution in [-0.2, 0) is 0 Å². The van der Waals surface area contributed by atoms with Crippen molar-refractivity contribution in [1.29, 1.82) is 0 Å². The fraction of sp³-hybridized carbons (Fsp3) is 0. The third-order valence-electron chi connectivity index (χ3n) is 0. The second-order valence-electron chi connectivity index (χ2n) is 0. The Hall–Kier alpha value is 0.800. The largest absolute Gasteiger partial charge is 0.412 e. The van der Waals surface area contributed by atoms with Gasteiger partial charge < -0.3 is 21.9 Å². The lowest BCUT2D eigenvalue weighted by Crippen LogP contribution is -0.290. The molecule has 0 aliphatic rings. The van der Waals surface area contributed by atoms with Crippen LogP contribution < -0.4 is 0 Å². The highest BCUT2D eigenvalue weighted by molar-refractivity contribution is 8.93. The summed E-state index contributed by atoms with van der Waals surface area (Å²) in [5.74, 6) is 0. The van der Waals surface area contributed by atoms with Crippen LogP contribution in [0.5, 0.6) is 0 Å². The van der Waals surface area contributed by atoms with Gasteiger partial charge in [-0.05, 0) is 0 Å². The summed E-state index contributed by atoms with van der Waals surface area (Å²) in [5, 5.41) is 0. The number of hydrogen-bond acceptors (Lipinski definition) is 0. The molecule has 0 unspecified atom stereocenters. The SMILES string of the molecule is Br.Br.O.O.O.O. The highest BCUT2D eigenvalue weighted by Gasteiger charge is -0.113. The van der Waals surface area contributed by atoms with E-state index in [0.29, 0.717) is 0 Å². The maximum atomic E-state index is 0. The van der Waals surface area contributed by atoms with Crippen LogP contribution in [-0.4, -0.2) is 21.9 Å². The van der Waals surface area contributed by atoms with Crippen LogP contribution in [0.3, 0.4) is 0 Å². The van der Waals surface area contributed by atoms with E-state index in [1.165, 1.54) is 0 Å². The van der Waals surface area contributed by atoms with Crippen LogP contribution in [0, 0.1) is 0 Å². The first kappa shape index (κ1) is 357. The zero-order valence-corrected chi connectivity index (χ0v) is 6.24. The van der Waals surface area contributed by atoms with Crippen LogP contribution in [0.15, 0.2) is 0 Å². The summed E-state index contributed by atoms with van der Waals surface area (Å²) in [4.78, 5) is 0. The average Bonchev–Trinajstić information content (AvgIpc) is 0. The Morgan fingerprint density at radius 1 is 0.333 bits per heavy atom. The molecule has 0 amide bonds. The van der Waals surface area contributed by atoms with Crippen molar-refractivity contribution >= 4 is 34.0 Å². The maximum absolute atomic E-state index is 0. The smallest absolute Gasteiger partial charge is 0.114 e. The lowest BCUT2D eigenvalue weighted by molar-refractivity contribution is 0.823. The van der Waals surface area contributed by atoms with Gasteiger partial charge in [0.15, 0.2) is 0 Å². The van der Waals surface area contributed by atoms with Gasteiger partial charge in [-0.3, -0.25) is 0 Å². The Kier molecular flexibility index (Phi) is 12400. The summed E-state index contributed by atoms with van der Waals surface area (Å²) in [7, 11) is 0. The van der Waals surface area contributed by atoms with Gasteiger partial charge in [0.05, 0.1) is 0 Å². The number of hydrogen-bond donors (Lipinski definition) is 0. The molecule has 4 nitrogen and oxygen atoms in total. The zero-order chi connectivity index (χ0) is 0. The molecule has 0 rings (SSSR count). The zero-order valence-electron chi connectivity index (χ0n) is 2.82. The van der Waals surface area contributed by atoms with Gasteiger partial charge >= 0.3 is 0 Å². The summed E-state index contributed by atoms with van der Waals surface area (Å²) < 4.78 is 0. The molecule has 6 heteroatoms. The Morgan fingerprint density at radius 2 is 0.333 bits per heavy atom. The van der Waals surface area contributed by atoms with Crippen molar-refractivity contribution in [3.8, 4) is 0 Å². The van der Waals surface area contributed by atoms with Crippen molar-refractivity contribution in [2.75, 3.05) is 0 Å². The Balaban J connectivity index is 0. The lowest BCUT2D eigenvalue weighted by atomic mass is 16.0. The second-order valence-corrected chi connectivity index (χ2v) is 0. The van der Waals surface area contributed by atoms with E-state index in [1.807, 2.05) is 0 Å². The Bertz CT molecular complexity index is 5.51. The van der Waals surface area contributed by atoms with Crippen LogP contribution in [0.1, 0.15) is 0 Å². The van der Waals surface area contributed by atoms with Gasteiger partial charge in [-0.1, -0.05) is 0 Å². The predicted octanol–water partition coefficient (Wildman–Crippen LogP) is -2.14. The molecule has 6 heavy (non-hydrogen) atoms. The molecule has 0 aliphatic heterocycles. The first-order valence-electron chi connectivity index (χ1n) is 0. The molecule has 0 aliphatic carbocycles. The molecule has 0 fully saturated rings. The lowest BCUT2D eigenvalue weighted by Gasteiger charge is -0.413. The quantitative estimate of drug-likeness (QED) is 0.453. The van der Waals surface area contributed by atoms with E-state index in [9.17, 15) is 0 Å². The van der Waals surface area contributed by atoms with Gasteiger partial charge in [0.1, 0.15) is 0 Å². The van der Waals surface area contributed by atoms with Crippen molar-refractivity contribution in [3.05, 3.63) is 0 Å². The molecule has 0 heterocycles. The molecule has 48 valence electrons. The molecule has 0 spiro atoms. The van der Waals surface area contributed by atoms with E-state index in [2.05, 4.69) is 0 Å². The van der Waals surface area contributed by atoms with Gasteiger partial charge in [0, 0.05) is 0 Å². The van der Waals surface area contributed by atoms with Crippen molar-refractivity contribution in [2.24, 2.45) is 0 Å². The molecule has 0 aromatic rings. The van der Waals surface area contributed by atoms with Crippen LogP contribution in [0.2, 0.25) is 0 Å². The Morgan fingerprint density at radius 3 is 0.333 bits per heavy atom. The first-order chi connectivity index (χ1) is 0. The third kappa shape index (κ3) is 108. The number of halogens is 2. The second kappa shape index (κ2) is 209. The monoisotopic (exact) mass is 232 g/mol. The summed E-state index contributed by atoms with van der Waals surface area (Å²) >= 11 is 0. The predicted molar refractivity (Wildman–Crippen MR) is 35.1 cm³/mol. The van der Waals surface area contributed by atoms with E-state index in [0.717, 1.165) is 0 Å². The molecule has 0 saturated carbocycles. The van der Waals surface area contributed by atoms with Gasteiger partial charge in [-0.25, -0.2) is 0 Å². The van der Waals surface area contributed by atoms with E-state index in [-0.39, 0.29) is 55.9 Å². The van der Waals surface area contributed by atoms with E-state index < -0.39 is 0 Å². The average molecular weight is 234 g/mol. The third-order valence-corrected chi connectivity index (χ3v) is 0. The van der Waals surface area contributed by atoms with Crippen LogP contribution in [0.25, 0.3) is 0 Å². The molecule has 0 bridgehead atoms. The van der Waals surface area contributed by atoms with Crippen molar-refractivity contribution in [1.82, 2.24) is 0 Å². The van der Waals surface area contributed by atoms with Gasteiger partial charge in [0.2, 0.25) is 0 Å². The van der Waals surface area contributed by atoms with E-state index >= 15 is 0 Å². The minimum atomic E-state index is 0.